The van der Waals surface area contributed by atoms with Crippen LogP contribution < -0.4 is 4.74 Å². The number of furan rings is 1. The largest absolute Gasteiger partial charge is 0.488 e. The van der Waals surface area contributed by atoms with Crippen LogP contribution in [0.1, 0.15) is 33.8 Å². The number of amides is 1. The van der Waals surface area contributed by atoms with Gasteiger partial charge in [0, 0.05) is 16.5 Å². The lowest BCUT2D eigenvalue weighted by molar-refractivity contribution is 0.0717. The number of carbonyl (C=O) groups excluding carboxylic acids is 1. The predicted octanol–water partition coefficient (Wildman–Crippen LogP) is 4.72. The number of carbonyl (C=O) groups is 1. The fourth-order valence-corrected chi connectivity index (χ4v) is 3.37. The van der Waals surface area contributed by atoms with Gasteiger partial charge in [-0.3, -0.25) is 4.79 Å². The van der Waals surface area contributed by atoms with Crippen LogP contribution in [0.15, 0.2) is 64.6 Å². The minimum atomic E-state index is 0.0282. The maximum Gasteiger partial charge on any atom is 0.254 e. The molecule has 0 spiro atoms. The molecule has 1 fully saturated rings. The Balaban J connectivity index is 1.47. The molecule has 0 radical (unpaired) electrons. The standard InChI is InChI=1S/C20H19NO3S/c22-20(21(16-8-9-16)13-18-6-2-10-23-18)15-4-1-5-17(12-15)24-14-19-7-3-11-25-19/h1-7,10-12,16H,8-9,13-14H2. The van der Waals surface area contributed by atoms with Crippen molar-refractivity contribution in [3.63, 3.8) is 0 Å². The van der Waals surface area contributed by atoms with E-state index in [1.165, 1.54) is 0 Å². The highest BCUT2D eigenvalue weighted by Crippen LogP contribution is 2.30. The van der Waals surface area contributed by atoms with Gasteiger partial charge in [-0.05, 0) is 54.6 Å². The maximum absolute atomic E-state index is 13.0. The normalized spacial score (nSPS) is 13.6. The number of thiophene rings is 1. The van der Waals surface area contributed by atoms with Gasteiger partial charge in [0.25, 0.3) is 5.91 Å². The smallest absolute Gasteiger partial charge is 0.254 e. The van der Waals surface area contributed by atoms with Crippen molar-refractivity contribution in [2.45, 2.75) is 32.0 Å². The van der Waals surface area contributed by atoms with Gasteiger partial charge in [0.1, 0.15) is 18.1 Å². The van der Waals surface area contributed by atoms with E-state index in [9.17, 15) is 4.79 Å². The summed E-state index contributed by atoms with van der Waals surface area (Å²) in [4.78, 5) is 16.0. The van der Waals surface area contributed by atoms with Crippen molar-refractivity contribution in [3.8, 4) is 5.75 Å². The molecule has 1 aliphatic carbocycles. The molecule has 1 saturated carbocycles. The van der Waals surface area contributed by atoms with Gasteiger partial charge in [0.05, 0.1) is 12.8 Å². The molecule has 0 bridgehead atoms. The Hall–Kier alpha value is -2.53. The summed E-state index contributed by atoms with van der Waals surface area (Å²) in [6.07, 6.45) is 3.76. The van der Waals surface area contributed by atoms with E-state index in [-0.39, 0.29) is 5.91 Å². The highest BCUT2D eigenvalue weighted by molar-refractivity contribution is 7.09. The molecule has 1 aromatic carbocycles. The zero-order valence-electron chi connectivity index (χ0n) is 13.8. The molecular formula is C20H19NO3S. The first-order valence-corrected chi connectivity index (χ1v) is 9.26. The van der Waals surface area contributed by atoms with Crippen molar-refractivity contribution in [2.24, 2.45) is 0 Å². The second kappa shape index (κ2) is 7.15. The molecule has 0 unspecified atom stereocenters. The third-order valence-electron chi connectivity index (χ3n) is 4.20. The summed E-state index contributed by atoms with van der Waals surface area (Å²) in [5, 5.41) is 2.03. The van der Waals surface area contributed by atoms with Crippen molar-refractivity contribution in [1.82, 2.24) is 4.90 Å². The third kappa shape index (κ3) is 3.94. The van der Waals surface area contributed by atoms with Gasteiger partial charge in [0.15, 0.2) is 0 Å². The van der Waals surface area contributed by atoms with E-state index >= 15 is 0 Å². The van der Waals surface area contributed by atoms with Crippen LogP contribution in [0.25, 0.3) is 0 Å². The van der Waals surface area contributed by atoms with E-state index in [2.05, 4.69) is 0 Å². The van der Waals surface area contributed by atoms with Crippen molar-refractivity contribution in [1.29, 1.82) is 0 Å². The van der Waals surface area contributed by atoms with Crippen LogP contribution in [0, 0.1) is 0 Å². The third-order valence-corrected chi connectivity index (χ3v) is 5.05. The maximum atomic E-state index is 13.0. The van der Waals surface area contributed by atoms with Crippen LogP contribution in [0.3, 0.4) is 0 Å². The Bertz CT molecular complexity index is 823. The molecule has 0 aliphatic heterocycles. The molecule has 5 heteroatoms. The molecule has 0 N–H and O–H groups in total. The molecule has 4 rings (SSSR count). The van der Waals surface area contributed by atoms with Crippen LogP contribution in [-0.2, 0) is 13.2 Å². The van der Waals surface area contributed by atoms with Gasteiger partial charge in [-0.1, -0.05) is 12.1 Å². The Kier molecular flexibility index (Phi) is 4.57. The Morgan fingerprint density at radius 3 is 2.84 bits per heavy atom. The average Bonchev–Trinajstić information content (AvgIpc) is 3.12. The molecule has 4 nitrogen and oxygen atoms in total. The lowest BCUT2D eigenvalue weighted by atomic mass is 10.1. The molecule has 1 amide bonds. The number of hydrogen-bond donors (Lipinski definition) is 0. The minimum absolute atomic E-state index is 0.0282. The van der Waals surface area contributed by atoms with Crippen molar-refractivity contribution in [2.75, 3.05) is 0 Å². The minimum Gasteiger partial charge on any atom is -0.488 e. The van der Waals surface area contributed by atoms with Crippen molar-refractivity contribution >= 4 is 17.2 Å². The molecular weight excluding hydrogens is 334 g/mol. The van der Waals surface area contributed by atoms with E-state index in [0.29, 0.717) is 30.5 Å². The highest BCUT2D eigenvalue weighted by atomic mass is 32.1. The van der Waals surface area contributed by atoms with Crippen LogP contribution in [0.2, 0.25) is 0 Å². The lowest BCUT2D eigenvalue weighted by Crippen LogP contribution is -2.32. The summed E-state index contributed by atoms with van der Waals surface area (Å²) in [5.74, 6) is 1.55. The van der Waals surface area contributed by atoms with Gasteiger partial charge < -0.3 is 14.1 Å². The highest BCUT2D eigenvalue weighted by Gasteiger charge is 2.33. The van der Waals surface area contributed by atoms with E-state index in [0.717, 1.165) is 23.5 Å². The van der Waals surface area contributed by atoms with Gasteiger partial charge >= 0.3 is 0 Å². The summed E-state index contributed by atoms with van der Waals surface area (Å²) < 4.78 is 11.2. The molecule has 3 aromatic rings. The van der Waals surface area contributed by atoms with Gasteiger partial charge in [-0.2, -0.15) is 0 Å². The quantitative estimate of drug-likeness (QED) is 0.617. The molecule has 0 atom stereocenters. The topological polar surface area (TPSA) is 42.7 Å². The zero-order chi connectivity index (χ0) is 17.1. The Labute approximate surface area is 150 Å². The number of nitrogens with zero attached hydrogens (tertiary/aromatic N) is 1. The second-order valence-corrected chi connectivity index (χ2v) is 7.17. The van der Waals surface area contributed by atoms with E-state index < -0.39 is 0 Å². The van der Waals surface area contributed by atoms with Crippen LogP contribution in [0.5, 0.6) is 5.75 Å². The monoisotopic (exact) mass is 353 g/mol. The molecule has 2 heterocycles. The number of benzene rings is 1. The van der Waals surface area contributed by atoms with Crippen molar-refractivity contribution < 1.29 is 13.9 Å². The first-order valence-electron chi connectivity index (χ1n) is 8.38. The zero-order valence-corrected chi connectivity index (χ0v) is 14.6. The van der Waals surface area contributed by atoms with Crippen LogP contribution in [0.4, 0.5) is 0 Å². The van der Waals surface area contributed by atoms with Gasteiger partial charge in [-0.25, -0.2) is 0 Å². The molecule has 2 aromatic heterocycles. The Morgan fingerprint density at radius 1 is 1.20 bits per heavy atom. The van der Waals surface area contributed by atoms with E-state index in [4.69, 9.17) is 9.15 Å². The molecule has 1 aliphatic rings. The summed E-state index contributed by atoms with van der Waals surface area (Å²) in [6.45, 7) is 1.03. The SMILES string of the molecule is O=C(c1cccc(OCc2cccs2)c1)N(Cc1ccco1)C1CC1. The van der Waals surface area contributed by atoms with E-state index in [1.807, 2.05) is 58.8 Å². The fourth-order valence-electron chi connectivity index (χ4n) is 2.76. The number of rotatable bonds is 7. The average molecular weight is 353 g/mol. The summed E-state index contributed by atoms with van der Waals surface area (Å²) in [6, 6.07) is 15.5. The number of ether oxygens (including phenoxy) is 1. The lowest BCUT2D eigenvalue weighted by Gasteiger charge is -2.21. The fraction of sp³-hybridized carbons (Fsp3) is 0.250. The summed E-state index contributed by atoms with van der Waals surface area (Å²) in [5.41, 5.74) is 0.655. The molecule has 25 heavy (non-hydrogen) atoms. The molecule has 128 valence electrons. The van der Waals surface area contributed by atoms with Crippen LogP contribution in [-0.4, -0.2) is 16.8 Å². The van der Waals surface area contributed by atoms with E-state index in [1.54, 1.807) is 17.6 Å². The predicted molar refractivity (Wildman–Crippen MR) is 96.7 cm³/mol. The first-order chi connectivity index (χ1) is 12.3. The van der Waals surface area contributed by atoms with Crippen LogP contribution >= 0.6 is 11.3 Å². The van der Waals surface area contributed by atoms with Gasteiger partial charge in [-0.15, -0.1) is 11.3 Å². The number of hydrogen-bond acceptors (Lipinski definition) is 4. The summed E-state index contributed by atoms with van der Waals surface area (Å²) in [7, 11) is 0. The van der Waals surface area contributed by atoms with Crippen molar-refractivity contribution in [3.05, 3.63) is 76.4 Å². The first kappa shape index (κ1) is 16.0. The summed E-state index contributed by atoms with van der Waals surface area (Å²) >= 11 is 1.66. The second-order valence-electron chi connectivity index (χ2n) is 6.14. The van der Waals surface area contributed by atoms with Gasteiger partial charge in [0.2, 0.25) is 0 Å². The Morgan fingerprint density at radius 2 is 2.12 bits per heavy atom. The molecule has 0 saturated heterocycles.